The van der Waals surface area contributed by atoms with Gasteiger partial charge in [0.15, 0.2) is 0 Å². The fraction of sp³-hybridized carbons (Fsp3) is 0.182. The van der Waals surface area contributed by atoms with Crippen LogP contribution in [0, 0.1) is 0 Å². The third kappa shape index (κ3) is 3.24. The Morgan fingerprint density at radius 1 is 0.852 bits per heavy atom. The molecule has 0 spiro atoms. The van der Waals surface area contributed by atoms with Crippen molar-refractivity contribution < 1.29 is 4.74 Å². The second-order valence-electron chi connectivity index (χ2n) is 6.68. The molecule has 1 heterocycles. The quantitative estimate of drug-likeness (QED) is 0.538. The lowest BCUT2D eigenvalue weighted by molar-refractivity contribution is 0.414. The predicted molar refractivity (Wildman–Crippen MR) is 109 cm³/mol. The van der Waals surface area contributed by atoms with Crippen LogP contribution in [0.25, 0.3) is 11.0 Å². The number of ether oxygens (including phenoxy) is 1. The average Bonchev–Trinajstić information content (AvgIpc) is 3.13. The van der Waals surface area contributed by atoms with Gasteiger partial charge in [0.1, 0.15) is 17.3 Å². The fourth-order valence-electron chi connectivity index (χ4n) is 3.29. The van der Waals surface area contributed by atoms with Crippen molar-refractivity contribution in [3.8, 4) is 5.75 Å². The van der Waals surface area contributed by atoms with Gasteiger partial charge >= 0.3 is 0 Å². The molecule has 0 N–H and O–H groups in total. The van der Waals surface area contributed by atoms with E-state index < -0.39 is 0 Å². The van der Waals surface area contributed by atoms with Crippen LogP contribution < -0.4 is 9.64 Å². The molecular weight excluding hydrogens is 336 g/mol. The van der Waals surface area contributed by atoms with Crippen LogP contribution in [-0.4, -0.2) is 36.2 Å². The maximum absolute atomic E-state index is 5.32. The molecular formula is C22H22N4O. The van der Waals surface area contributed by atoms with E-state index in [9.17, 15) is 0 Å². The highest BCUT2D eigenvalue weighted by atomic mass is 16.5. The van der Waals surface area contributed by atoms with Crippen molar-refractivity contribution in [2.24, 2.45) is 0 Å². The van der Waals surface area contributed by atoms with Gasteiger partial charge in [0.2, 0.25) is 0 Å². The molecule has 5 nitrogen and oxygen atoms in total. The number of nitrogens with zero attached hydrogens (tertiary/aromatic N) is 4. The highest BCUT2D eigenvalue weighted by Gasteiger charge is 2.20. The van der Waals surface area contributed by atoms with Gasteiger partial charge in [0, 0.05) is 19.8 Å². The maximum Gasteiger partial charge on any atom is 0.118 e. The van der Waals surface area contributed by atoms with E-state index in [1.54, 1.807) is 7.11 Å². The minimum atomic E-state index is -0.0699. The maximum atomic E-state index is 5.32. The average molecular weight is 358 g/mol. The summed E-state index contributed by atoms with van der Waals surface area (Å²) in [6.45, 7) is 0. The second kappa shape index (κ2) is 7.11. The molecule has 1 unspecified atom stereocenters. The molecule has 3 aromatic carbocycles. The van der Waals surface area contributed by atoms with Crippen molar-refractivity contribution in [3.05, 3.63) is 83.9 Å². The summed E-state index contributed by atoms with van der Waals surface area (Å²) in [5.74, 6) is 0.837. The van der Waals surface area contributed by atoms with Gasteiger partial charge < -0.3 is 9.64 Å². The third-order valence-corrected chi connectivity index (χ3v) is 4.78. The van der Waals surface area contributed by atoms with E-state index in [-0.39, 0.29) is 6.04 Å². The van der Waals surface area contributed by atoms with Crippen LogP contribution in [0.4, 0.5) is 5.69 Å². The monoisotopic (exact) mass is 358 g/mol. The number of methoxy groups -OCH3 is 1. The Kier molecular flexibility index (Phi) is 4.50. The Balaban J connectivity index is 1.86. The Bertz CT molecular complexity index is 1040. The van der Waals surface area contributed by atoms with Crippen molar-refractivity contribution in [2.45, 2.75) is 6.04 Å². The number of para-hydroxylation sites is 1. The zero-order chi connectivity index (χ0) is 18.8. The summed E-state index contributed by atoms with van der Waals surface area (Å²) in [7, 11) is 5.76. The number of aromatic nitrogens is 3. The summed E-state index contributed by atoms with van der Waals surface area (Å²) >= 11 is 0. The molecule has 0 saturated carbocycles. The van der Waals surface area contributed by atoms with Crippen LogP contribution >= 0.6 is 0 Å². The van der Waals surface area contributed by atoms with E-state index in [2.05, 4.69) is 57.7 Å². The number of anilines is 1. The van der Waals surface area contributed by atoms with Gasteiger partial charge in [-0.25, -0.2) is 4.68 Å². The van der Waals surface area contributed by atoms with E-state index in [0.29, 0.717) is 0 Å². The van der Waals surface area contributed by atoms with E-state index >= 15 is 0 Å². The number of benzene rings is 3. The molecule has 27 heavy (non-hydrogen) atoms. The Hall–Kier alpha value is -3.34. The molecule has 5 heteroatoms. The lowest BCUT2D eigenvalue weighted by Crippen LogP contribution is -2.15. The molecule has 0 bridgehead atoms. The first-order valence-corrected chi connectivity index (χ1v) is 8.88. The van der Waals surface area contributed by atoms with Gasteiger partial charge in [-0.15, -0.1) is 5.10 Å². The molecule has 0 amide bonds. The summed E-state index contributed by atoms with van der Waals surface area (Å²) < 4.78 is 7.31. The highest BCUT2D eigenvalue weighted by Crippen LogP contribution is 2.31. The normalized spacial score (nSPS) is 12.1. The number of rotatable bonds is 5. The first-order chi connectivity index (χ1) is 13.2. The van der Waals surface area contributed by atoms with Crippen LogP contribution in [0.3, 0.4) is 0 Å². The van der Waals surface area contributed by atoms with Crippen molar-refractivity contribution in [1.82, 2.24) is 15.0 Å². The van der Waals surface area contributed by atoms with Crippen LogP contribution in [0.2, 0.25) is 0 Å². The largest absolute Gasteiger partial charge is 0.497 e. The SMILES string of the molecule is COc1ccc(C(c2ccc(N(C)C)cc2)n2nnc3ccccc32)cc1. The van der Waals surface area contributed by atoms with E-state index in [0.717, 1.165) is 33.6 Å². The summed E-state index contributed by atoms with van der Waals surface area (Å²) in [5.41, 5.74) is 5.34. The molecule has 136 valence electrons. The van der Waals surface area contributed by atoms with Crippen molar-refractivity contribution in [1.29, 1.82) is 0 Å². The van der Waals surface area contributed by atoms with Crippen molar-refractivity contribution >= 4 is 16.7 Å². The summed E-state index contributed by atoms with van der Waals surface area (Å²) in [5, 5.41) is 8.82. The van der Waals surface area contributed by atoms with Gasteiger partial charge in [-0.2, -0.15) is 0 Å². The van der Waals surface area contributed by atoms with Gasteiger partial charge in [-0.1, -0.05) is 41.6 Å². The van der Waals surface area contributed by atoms with Gasteiger partial charge in [0.05, 0.1) is 12.6 Å². The smallest absolute Gasteiger partial charge is 0.118 e. The Morgan fingerprint density at radius 2 is 1.48 bits per heavy atom. The topological polar surface area (TPSA) is 43.2 Å². The zero-order valence-electron chi connectivity index (χ0n) is 15.7. The molecule has 0 saturated heterocycles. The summed E-state index contributed by atoms with van der Waals surface area (Å²) in [4.78, 5) is 2.09. The van der Waals surface area contributed by atoms with Gasteiger partial charge in [-0.05, 0) is 47.5 Å². The van der Waals surface area contributed by atoms with Crippen LogP contribution in [0.1, 0.15) is 17.2 Å². The zero-order valence-corrected chi connectivity index (χ0v) is 15.7. The molecule has 4 aromatic rings. The number of hydrogen-bond donors (Lipinski definition) is 0. The van der Waals surface area contributed by atoms with E-state index in [1.807, 2.05) is 49.1 Å². The van der Waals surface area contributed by atoms with Gasteiger partial charge in [0.25, 0.3) is 0 Å². The first-order valence-electron chi connectivity index (χ1n) is 8.88. The van der Waals surface area contributed by atoms with Crippen LogP contribution in [0.15, 0.2) is 72.8 Å². The minimum absolute atomic E-state index is 0.0699. The van der Waals surface area contributed by atoms with Crippen molar-refractivity contribution in [2.75, 3.05) is 26.1 Å². The van der Waals surface area contributed by atoms with Crippen LogP contribution in [0.5, 0.6) is 5.75 Å². The molecule has 4 rings (SSSR count). The lowest BCUT2D eigenvalue weighted by atomic mass is 9.98. The molecule has 1 aromatic heterocycles. The van der Waals surface area contributed by atoms with E-state index in [1.165, 1.54) is 0 Å². The summed E-state index contributed by atoms with van der Waals surface area (Å²) in [6.07, 6.45) is 0. The van der Waals surface area contributed by atoms with Crippen molar-refractivity contribution in [3.63, 3.8) is 0 Å². The molecule has 0 fully saturated rings. The Morgan fingerprint density at radius 3 is 2.11 bits per heavy atom. The summed E-state index contributed by atoms with van der Waals surface area (Å²) in [6, 6.07) is 24.7. The molecule has 1 atom stereocenters. The van der Waals surface area contributed by atoms with Gasteiger partial charge in [-0.3, -0.25) is 0 Å². The molecule has 0 aliphatic heterocycles. The van der Waals surface area contributed by atoms with Crippen LogP contribution in [-0.2, 0) is 0 Å². The predicted octanol–water partition coefficient (Wildman–Crippen LogP) is 4.14. The minimum Gasteiger partial charge on any atom is -0.497 e. The molecule has 0 aliphatic rings. The fourth-order valence-corrected chi connectivity index (χ4v) is 3.29. The molecule has 0 radical (unpaired) electrons. The standard InChI is InChI=1S/C22H22N4O/c1-25(2)18-12-8-16(9-13-18)22(17-10-14-19(27-3)15-11-17)26-21-7-5-4-6-20(21)23-24-26/h4-15,22H,1-3H3. The number of fused-ring (bicyclic) bond motifs is 1. The second-order valence-corrected chi connectivity index (χ2v) is 6.68. The first kappa shape index (κ1) is 17.1. The number of hydrogen-bond acceptors (Lipinski definition) is 4. The highest BCUT2D eigenvalue weighted by molar-refractivity contribution is 5.74. The molecule has 0 aliphatic carbocycles. The Labute approximate surface area is 158 Å². The van der Waals surface area contributed by atoms with E-state index in [4.69, 9.17) is 4.74 Å². The lowest BCUT2D eigenvalue weighted by Gasteiger charge is -2.21. The third-order valence-electron chi connectivity index (χ3n) is 4.78.